The number of benzene rings is 4. The number of furan rings is 1. The second kappa shape index (κ2) is 7.19. The second-order valence-corrected chi connectivity index (χ2v) is 9.17. The number of rotatable bonds is 2. The minimum atomic E-state index is 0.723. The summed E-state index contributed by atoms with van der Waals surface area (Å²) < 4.78 is 15.1. The van der Waals surface area contributed by atoms with Crippen molar-refractivity contribution in [2.45, 2.75) is 13.3 Å². The highest BCUT2D eigenvalue weighted by molar-refractivity contribution is 6.14. The van der Waals surface area contributed by atoms with Crippen LogP contribution in [0.1, 0.15) is 11.1 Å². The van der Waals surface area contributed by atoms with Gasteiger partial charge < -0.3 is 9.15 Å². The molecule has 1 aliphatic heterocycles. The first-order chi connectivity index (χ1) is 16.7. The summed E-state index contributed by atoms with van der Waals surface area (Å²) in [7, 11) is 2.08. The molecule has 34 heavy (non-hydrogen) atoms. The van der Waals surface area contributed by atoms with Crippen LogP contribution in [-0.4, -0.2) is 6.61 Å². The van der Waals surface area contributed by atoms with E-state index >= 15 is 0 Å². The van der Waals surface area contributed by atoms with Crippen LogP contribution in [0.2, 0.25) is 0 Å². The van der Waals surface area contributed by atoms with E-state index in [1.165, 1.54) is 21.9 Å². The van der Waals surface area contributed by atoms with Gasteiger partial charge in [0, 0.05) is 46.0 Å². The van der Waals surface area contributed by atoms with Gasteiger partial charge in [-0.2, -0.15) is 0 Å². The highest BCUT2D eigenvalue weighted by atomic mass is 16.5. The number of hydrogen-bond acceptors (Lipinski definition) is 2. The van der Waals surface area contributed by atoms with Crippen molar-refractivity contribution >= 4 is 32.7 Å². The Labute approximate surface area is 197 Å². The van der Waals surface area contributed by atoms with E-state index < -0.39 is 0 Å². The van der Waals surface area contributed by atoms with Gasteiger partial charge in [-0.25, -0.2) is 4.57 Å². The van der Waals surface area contributed by atoms with E-state index in [2.05, 4.69) is 104 Å². The summed E-state index contributed by atoms with van der Waals surface area (Å²) in [6.07, 6.45) is 3.02. The van der Waals surface area contributed by atoms with Gasteiger partial charge in [0.25, 0.3) is 0 Å². The van der Waals surface area contributed by atoms with E-state index in [0.29, 0.717) is 0 Å². The van der Waals surface area contributed by atoms with Crippen LogP contribution in [0.25, 0.3) is 55.1 Å². The third-order valence-electron chi connectivity index (χ3n) is 7.18. The molecule has 0 radical (unpaired) electrons. The predicted molar refractivity (Wildman–Crippen MR) is 137 cm³/mol. The van der Waals surface area contributed by atoms with Crippen molar-refractivity contribution in [2.75, 3.05) is 6.61 Å². The number of fused-ring (bicyclic) bond motifs is 6. The standard InChI is InChI=1S/C31H24NO2/c1-19-13-14-24-22-10-7-11-23(30(22)34-31(24)28(19)27-12-5-6-16-32(27)2)26-18-20-8-3-4-9-21(20)25-15-17-33-29(25)26/h3-14,16,18H,15,17H2,1-2H3/q+1. The molecule has 0 N–H and O–H groups in total. The Morgan fingerprint density at radius 3 is 2.50 bits per heavy atom. The molecule has 0 bridgehead atoms. The smallest absolute Gasteiger partial charge is 0.216 e. The van der Waals surface area contributed by atoms with E-state index in [4.69, 9.17) is 9.15 Å². The van der Waals surface area contributed by atoms with E-state index in [9.17, 15) is 0 Å². The normalized spacial score (nSPS) is 13.0. The Hall–Kier alpha value is -4.11. The maximum Gasteiger partial charge on any atom is 0.216 e. The van der Waals surface area contributed by atoms with Crippen molar-refractivity contribution in [2.24, 2.45) is 7.05 Å². The van der Waals surface area contributed by atoms with Crippen LogP contribution in [0.3, 0.4) is 0 Å². The zero-order chi connectivity index (χ0) is 22.8. The van der Waals surface area contributed by atoms with Crippen LogP contribution in [0.5, 0.6) is 5.75 Å². The van der Waals surface area contributed by atoms with Gasteiger partial charge in [-0.15, -0.1) is 0 Å². The fourth-order valence-corrected chi connectivity index (χ4v) is 5.55. The quantitative estimate of drug-likeness (QED) is 0.266. The molecule has 164 valence electrons. The average Bonchev–Trinajstić information content (AvgIpc) is 3.49. The second-order valence-electron chi connectivity index (χ2n) is 9.17. The molecule has 0 unspecified atom stereocenters. The van der Waals surface area contributed by atoms with Crippen molar-refractivity contribution in [3.8, 4) is 28.1 Å². The molecule has 1 aliphatic rings. The molecule has 0 amide bonds. The van der Waals surface area contributed by atoms with Gasteiger partial charge in [0.05, 0.1) is 12.2 Å². The number of nitrogens with zero attached hydrogens (tertiary/aromatic N) is 1. The monoisotopic (exact) mass is 442 g/mol. The molecule has 2 aromatic heterocycles. The number of aryl methyl sites for hydroxylation is 2. The fraction of sp³-hybridized carbons (Fsp3) is 0.129. The van der Waals surface area contributed by atoms with Crippen LogP contribution >= 0.6 is 0 Å². The first kappa shape index (κ1) is 19.4. The van der Waals surface area contributed by atoms with Crippen LogP contribution in [0.4, 0.5) is 0 Å². The number of hydrogen-bond donors (Lipinski definition) is 0. The highest BCUT2D eigenvalue weighted by Gasteiger charge is 2.25. The molecule has 0 saturated carbocycles. The Balaban J connectivity index is 1.57. The fourth-order valence-electron chi connectivity index (χ4n) is 5.55. The molecule has 3 heteroatoms. The summed E-state index contributed by atoms with van der Waals surface area (Å²) in [5.41, 5.74) is 8.82. The SMILES string of the molecule is Cc1ccc2c(oc3c(-c4cc5ccccc5c5c4OCC5)cccc32)c1-c1cccc[n+]1C. The summed E-state index contributed by atoms with van der Waals surface area (Å²) >= 11 is 0. The van der Waals surface area contributed by atoms with Crippen molar-refractivity contribution in [3.63, 3.8) is 0 Å². The van der Waals surface area contributed by atoms with Crippen molar-refractivity contribution in [1.29, 1.82) is 0 Å². The van der Waals surface area contributed by atoms with Crippen LogP contribution in [0, 0.1) is 6.92 Å². The molecule has 3 heterocycles. The number of para-hydroxylation sites is 1. The lowest BCUT2D eigenvalue weighted by atomic mass is 9.94. The third kappa shape index (κ3) is 2.67. The van der Waals surface area contributed by atoms with Crippen molar-refractivity contribution in [3.05, 3.63) is 96.2 Å². The number of aromatic nitrogens is 1. The van der Waals surface area contributed by atoms with Gasteiger partial charge >= 0.3 is 0 Å². The lowest BCUT2D eigenvalue weighted by molar-refractivity contribution is -0.660. The molecule has 0 spiro atoms. The van der Waals surface area contributed by atoms with Gasteiger partial charge in [-0.1, -0.05) is 54.6 Å². The maximum atomic E-state index is 6.76. The lowest BCUT2D eigenvalue weighted by Crippen LogP contribution is -2.30. The first-order valence-electron chi connectivity index (χ1n) is 11.8. The summed E-state index contributed by atoms with van der Waals surface area (Å²) in [5, 5.41) is 4.79. The van der Waals surface area contributed by atoms with Gasteiger partial charge in [-0.05, 0) is 35.4 Å². The first-order valence-corrected chi connectivity index (χ1v) is 11.8. The van der Waals surface area contributed by atoms with E-state index in [-0.39, 0.29) is 0 Å². The largest absolute Gasteiger partial charge is 0.492 e. The van der Waals surface area contributed by atoms with E-state index in [1.807, 2.05) is 0 Å². The molecular weight excluding hydrogens is 418 g/mol. The van der Waals surface area contributed by atoms with Gasteiger partial charge in [-0.3, -0.25) is 0 Å². The Kier molecular flexibility index (Phi) is 4.10. The van der Waals surface area contributed by atoms with E-state index in [0.717, 1.165) is 63.1 Å². The predicted octanol–water partition coefficient (Wildman–Crippen LogP) is 7.14. The zero-order valence-corrected chi connectivity index (χ0v) is 19.3. The molecule has 0 fully saturated rings. The number of pyridine rings is 1. The molecule has 7 rings (SSSR count). The molecular formula is C31H24NO2+. The molecule has 6 aromatic rings. The van der Waals surface area contributed by atoms with Crippen LogP contribution < -0.4 is 9.30 Å². The third-order valence-corrected chi connectivity index (χ3v) is 7.18. The highest BCUT2D eigenvalue weighted by Crippen LogP contribution is 2.46. The Bertz CT molecular complexity index is 1760. The molecule has 3 nitrogen and oxygen atoms in total. The lowest BCUT2D eigenvalue weighted by Gasteiger charge is -2.12. The molecule has 0 aliphatic carbocycles. The van der Waals surface area contributed by atoms with Gasteiger partial charge in [0.15, 0.2) is 6.20 Å². The van der Waals surface area contributed by atoms with Gasteiger partial charge in [0.1, 0.15) is 24.0 Å². The zero-order valence-electron chi connectivity index (χ0n) is 19.3. The average molecular weight is 443 g/mol. The Morgan fingerprint density at radius 2 is 1.59 bits per heavy atom. The summed E-state index contributed by atoms with van der Waals surface area (Å²) in [6.45, 7) is 2.88. The molecule has 0 atom stereocenters. The summed E-state index contributed by atoms with van der Waals surface area (Å²) in [5.74, 6) is 0.998. The molecule has 4 aromatic carbocycles. The number of ether oxygens (including phenoxy) is 1. The Morgan fingerprint density at radius 1 is 0.765 bits per heavy atom. The minimum Gasteiger partial charge on any atom is -0.492 e. The topological polar surface area (TPSA) is 26.2 Å². The van der Waals surface area contributed by atoms with Gasteiger partial charge in [0.2, 0.25) is 5.69 Å². The minimum absolute atomic E-state index is 0.723. The summed E-state index contributed by atoms with van der Waals surface area (Å²) in [6, 6.07) is 28.0. The van der Waals surface area contributed by atoms with Crippen molar-refractivity contribution in [1.82, 2.24) is 0 Å². The van der Waals surface area contributed by atoms with Crippen LogP contribution in [0.15, 0.2) is 89.5 Å². The maximum absolute atomic E-state index is 6.76. The summed E-state index contributed by atoms with van der Waals surface area (Å²) in [4.78, 5) is 0. The van der Waals surface area contributed by atoms with E-state index in [1.54, 1.807) is 0 Å². The molecule has 0 saturated heterocycles. The van der Waals surface area contributed by atoms with Crippen LogP contribution in [-0.2, 0) is 13.5 Å². The van der Waals surface area contributed by atoms with Crippen molar-refractivity contribution < 1.29 is 13.7 Å².